The summed E-state index contributed by atoms with van der Waals surface area (Å²) in [6.07, 6.45) is 3.18. The number of ether oxygens (including phenoxy) is 1. The van der Waals surface area contributed by atoms with Crippen molar-refractivity contribution in [3.63, 3.8) is 0 Å². The van der Waals surface area contributed by atoms with Gasteiger partial charge in [0.05, 0.1) is 12.6 Å². The highest BCUT2D eigenvalue weighted by Gasteiger charge is 2.33. The lowest BCUT2D eigenvalue weighted by Crippen LogP contribution is -2.49. The third-order valence-corrected chi connectivity index (χ3v) is 4.73. The number of hydrogen-bond acceptors (Lipinski definition) is 3. The molecule has 1 aliphatic heterocycles. The number of rotatable bonds is 7. The molecule has 0 aromatic heterocycles. The molecule has 23 heavy (non-hydrogen) atoms. The number of nitrogens with one attached hydrogen (secondary N) is 1. The van der Waals surface area contributed by atoms with E-state index in [2.05, 4.69) is 37.1 Å². The lowest BCUT2D eigenvalue weighted by Gasteiger charge is -2.31. The van der Waals surface area contributed by atoms with Gasteiger partial charge in [-0.05, 0) is 64.7 Å². The molecule has 1 heterocycles. The molecular weight excluding hydrogens is 288 g/mol. The van der Waals surface area contributed by atoms with Gasteiger partial charge in [-0.2, -0.15) is 0 Å². The molecule has 1 fully saturated rings. The molecule has 1 saturated heterocycles. The second-order valence-electron chi connectivity index (χ2n) is 6.71. The van der Waals surface area contributed by atoms with Crippen LogP contribution >= 0.6 is 0 Å². The predicted molar refractivity (Wildman–Crippen MR) is 93.8 cm³/mol. The number of amides is 1. The number of likely N-dealkylation sites (tertiary alicyclic amines) is 1. The fourth-order valence-corrected chi connectivity index (χ4v) is 3.44. The third-order valence-electron chi connectivity index (χ3n) is 4.73. The molecule has 0 spiro atoms. The first-order valence-corrected chi connectivity index (χ1v) is 8.73. The number of carbonyl (C=O) groups excluding carboxylic acids is 1. The molecule has 0 aliphatic carbocycles. The average molecular weight is 318 g/mol. The summed E-state index contributed by atoms with van der Waals surface area (Å²) in [4.78, 5) is 14.6. The summed E-state index contributed by atoms with van der Waals surface area (Å²) in [5.74, 6) is 1.02. The highest BCUT2D eigenvalue weighted by molar-refractivity contribution is 5.81. The quantitative estimate of drug-likeness (QED) is 0.785. The maximum absolute atomic E-state index is 12.3. The minimum absolute atomic E-state index is 0.0554. The Morgan fingerprint density at radius 2 is 2.04 bits per heavy atom. The van der Waals surface area contributed by atoms with Crippen LogP contribution in [0.4, 0.5) is 0 Å². The van der Waals surface area contributed by atoms with Crippen LogP contribution in [0.25, 0.3) is 0 Å². The van der Waals surface area contributed by atoms with Crippen molar-refractivity contribution in [3.05, 3.63) is 29.8 Å². The highest BCUT2D eigenvalue weighted by Crippen LogP contribution is 2.25. The van der Waals surface area contributed by atoms with Gasteiger partial charge in [0.2, 0.25) is 5.91 Å². The maximum Gasteiger partial charge on any atom is 0.237 e. The van der Waals surface area contributed by atoms with E-state index in [-0.39, 0.29) is 11.9 Å². The van der Waals surface area contributed by atoms with Gasteiger partial charge >= 0.3 is 0 Å². The molecule has 1 aromatic rings. The van der Waals surface area contributed by atoms with E-state index in [1.807, 2.05) is 25.1 Å². The Morgan fingerprint density at radius 3 is 2.70 bits per heavy atom. The molecule has 0 bridgehead atoms. The molecule has 1 amide bonds. The van der Waals surface area contributed by atoms with E-state index in [4.69, 9.17) is 4.74 Å². The summed E-state index contributed by atoms with van der Waals surface area (Å²) in [6.45, 7) is 9.76. The normalized spacial score (nSPS) is 22.8. The number of carbonyl (C=O) groups is 1. The van der Waals surface area contributed by atoms with Crippen LogP contribution in [0, 0.1) is 6.92 Å². The lowest BCUT2D eigenvalue weighted by molar-refractivity contribution is -0.126. The standard InChI is InChI=1S/C19H30N2O2/c1-14-7-5-8-18(13-14)23-12-6-11-20-19(22)17(4)21-15(2)9-10-16(21)3/h5,7-8,13,15-17H,6,9-12H2,1-4H3,(H,20,22)/t15-,16-,17-/m0/s1. The van der Waals surface area contributed by atoms with E-state index in [1.165, 1.54) is 18.4 Å². The van der Waals surface area contributed by atoms with Gasteiger partial charge in [-0.3, -0.25) is 9.69 Å². The SMILES string of the molecule is Cc1cccc(OCCCNC(=O)[C@H](C)N2[C@@H](C)CC[C@@H]2C)c1. The van der Waals surface area contributed by atoms with Crippen molar-refractivity contribution in [2.45, 2.75) is 65.1 Å². The van der Waals surface area contributed by atoms with E-state index >= 15 is 0 Å². The zero-order chi connectivity index (χ0) is 16.8. The molecule has 2 rings (SSSR count). The van der Waals surface area contributed by atoms with Crippen molar-refractivity contribution >= 4 is 5.91 Å². The minimum Gasteiger partial charge on any atom is -0.494 e. The molecule has 128 valence electrons. The molecule has 0 saturated carbocycles. The molecule has 1 N–H and O–H groups in total. The Balaban J connectivity index is 1.66. The van der Waals surface area contributed by atoms with Gasteiger partial charge in [-0.25, -0.2) is 0 Å². The van der Waals surface area contributed by atoms with E-state index in [0.29, 0.717) is 25.2 Å². The first kappa shape index (κ1) is 17.8. The summed E-state index contributed by atoms with van der Waals surface area (Å²) in [5.41, 5.74) is 1.19. The van der Waals surface area contributed by atoms with E-state index in [0.717, 1.165) is 12.2 Å². The largest absolute Gasteiger partial charge is 0.494 e. The van der Waals surface area contributed by atoms with Crippen molar-refractivity contribution in [2.24, 2.45) is 0 Å². The molecule has 4 heteroatoms. The molecule has 0 radical (unpaired) electrons. The van der Waals surface area contributed by atoms with Crippen LogP contribution in [0.3, 0.4) is 0 Å². The molecular formula is C19H30N2O2. The highest BCUT2D eigenvalue weighted by atomic mass is 16.5. The molecule has 1 aromatic carbocycles. The fraction of sp³-hybridized carbons (Fsp3) is 0.632. The van der Waals surface area contributed by atoms with Gasteiger partial charge in [0.15, 0.2) is 0 Å². The minimum atomic E-state index is -0.0554. The molecule has 0 unspecified atom stereocenters. The van der Waals surface area contributed by atoms with Crippen molar-refractivity contribution < 1.29 is 9.53 Å². The van der Waals surface area contributed by atoms with E-state index in [1.54, 1.807) is 0 Å². The summed E-state index contributed by atoms with van der Waals surface area (Å²) < 4.78 is 5.70. The third kappa shape index (κ3) is 4.96. The van der Waals surface area contributed by atoms with Crippen LogP contribution in [-0.2, 0) is 4.79 Å². The monoisotopic (exact) mass is 318 g/mol. The van der Waals surface area contributed by atoms with Crippen molar-refractivity contribution in [3.8, 4) is 5.75 Å². The summed E-state index contributed by atoms with van der Waals surface area (Å²) in [7, 11) is 0. The summed E-state index contributed by atoms with van der Waals surface area (Å²) in [5, 5.41) is 3.04. The Kier molecular flexibility index (Phi) is 6.46. The topological polar surface area (TPSA) is 41.6 Å². The number of nitrogens with zero attached hydrogens (tertiary/aromatic N) is 1. The molecule has 3 atom stereocenters. The zero-order valence-corrected chi connectivity index (χ0v) is 14.8. The van der Waals surface area contributed by atoms with Crippen LogP contribution in [0.2, 0.25) is 0 Å². The molecule has 4 nitrogen and oxygen atoms in total. The van der Waals surface area contributed by atoms with E-state index in [9.17, 15) is 4.79 Å². The molecule has 1 aliphatic rings. The Hall–Kier alpha value is -1.55. The van der Waals surface area contributed by atoms with Crippen LogP contribution in [0.15, 0.2) is 24.3 Å². The average Bonchev–Trinajstić information content (AvgIpc) is 2.85. The smallest absolute Gasteiger partial charge is 0.237 e. The lowest BCUT2D eigenvalue weighted by atomic mass is 10.2. The summed E-state index contributed by atoms with van der Waals surface area (Å²) >= 11 is 0. The number of hydrogen-bond donors (Lipinski definition) is 1. The second kappa shape index (κ2) is 8.34. The first-order chi connectivity index (χ1) is 11.0. The van der Waals surface area contributed by atoms with Gasteiger partial charge < -0.3 is 10.1 Å². The predicted octanol–water partition coefficient (Wildman–Crippen LogP) is 3.14. The zero-order valence-electron chi connectivity index (χ0n) is 14.8. The first-order valence-electron chi connectivity index (χ1n) is 8.73. The van der Waals surface area contributed by atoms with Gasteiger partial charge in [0, 0.05) is 18.6 Å². The summed E-state index contributed by atoms with van der Waals surface area (Å²) in [6, 6.07) is 8.97. The Morgan fingerprint density at radius 1 is 1.35 bits per heavy atom. The number of benzene rings is 1. The maximum atomic E-state index is 12.3. The van der Waals surface area contributed by atoms with Crippen LogP contribution in [-0.4, -0.2) is 42.1 Å². The fourth-order valence-electron chi connectivity index (χ4n) is 3.44. The van der Waals surface area contributed by atoms with Crippen molar-refractivity contribution in [2.75, 3.05) is 13.2 Å². The van der Waals surface area contributed by atoms with Gasteiger partial charge in [0.25, 0.3) is 0 Å². The van der Waals surface area contributed by atoms with Crippen molar-refractivity contribution in [1.82, 2.24) is 10.2 Å². The van der Waals surface area contributed by atoms with Gasteiger partial charge in [-0.1, -0.05) is 12.1 Å². The number of aryl methyl sites for hydroxylation is 1. The van der Waals surface area contributed by atoms with E-state index < -0.39 is 0 Å². The van der Waals surface area contributed by atoms with Crippen LogP contribution < -0.4 is 10.1 Å². The van der Waals surface area contributed by atoms with Crippen LogP contribution in [0.5, 0.6) is 5.75 Å². The Bertz CT molecular complexity index is 508. The Labute approximate surface area is 140 Å². The van der Waals surface area contributed by atoms with Gasteiger partial charge in [0.1, 0.15) is 5.75 Å². The second-order valence-corrected chi connectivity index (χ2v) is 6.71. The van der Waals surface area contributed by atoms with Crippen LogP contribution in [0.1, 0.15) is 45.6 Å². The van der Waals surface area contributed by atoms with Gasteiger partial charge in [-0.15, -0.1) is 0 Å². The van der Waals surface area contributed by atoms with Crippen molar-refractivity contribution in [1.29, 1.82) is 0 Å².